The molecule has 3 N–H and O–H groups in total. The van der Waals surface area contributed by atoms with E-state index in [2.05, 4.69) is 0 Å². The lowest BCUT2D eigenvalue weighted by Crippen LogP contribution is -2.42. The lowest BCUT2D eigenvalue weighted by Gasteiger charge is -2.22. The molecule has 0 aliphatic heterocycles. The summed E-state index contributed by atoms with van der Waals surface area (Å²) in [5, 5.41) is 0.966. The first kappa shape index (κ1) is 20.0. The zero-order valence-electron chi connectivity index (χ0n) is 12.7. The fraction of sp³-hybridized carbons (Fsp3) is 0.133. The van der Waals surface area contributed by atoms with Gasteiger partial charge in [0.25, 0.3) is 0 Å². The summed E-state index contributed by atoms with van der Waals surface area (Å²) in [6.07, 6.45) is 0. The number of rotatable bonds is 6. The summed E-state index contributed by atoms with van der Waals surface area (Å²) in [6, 6.07) is 10.4. The van der Waals surface area contributed by atoms with Gasteiger partial charge in [0.05, 0.1) is 11.4 Å². The van der Waals surface area contributed by atoms with Gasteiger partial charge in [-0.3, -0.25) is 10.2 Å². The highest BCUT2D eigenvalue weighted by atomic mass is 35.5. The summed E-state index contributed by atoms with van der Waals surface area (Å²) in [7, 11) is -4.01. The van der Waals surface area contributed by atoms with E-state index in [1.807, 2.05) is 5.43 Å². The summed E-state index contributed by atoms with van der Waals surface area (Å²) >= 11 is 18.0. The molecule has 1 amide bonds. The van der Waals surface area contributed by atoms with E-state index in [0.29, 0.717) is 10.6 Å². The summed E-state index contributed by atoms with van der Waals surface area (Å²) < 4.78 is 26.7. The number of hydrogen-bond acceptors (Lipinski definition) is 4. The second-order valence-electron chi connectivity index (χ2n) is 4.99. The largest absolute Gasteiger partial charge is 0.293 e. The molecule has 0 fully saturated rings. The van der Waals surface area contributed by atoms with Gasteiger partial charge in [-0.1, -0.05) is 40.9 Å². The van der Waals surface area contributed by atoms with Crippen LogP contribution in [-0.4, -0.2) is 25.2 Å². The number of halogens is 3. The lowest BCUT2D eigenvalue weighted by atomic mass is 10.2. The molecule has 25 heavy (non-hydrogen) atoms. The van der Waals surface area contributed by atoms with Gasteiger partial charge < -0.3 is 0 Å². The number of amides is 1. The monoisotopic (exact) mass is 421 g/mol. The number of carbonyl (C=O) groups is 1. The van der Waals surface area contributed by atoms with Crippen molar-refractivity contribution in [2.75, 3.05) is 6.54 Å². The van der Waals surface area contributed by atoms with Gasteiger partial charge in [-0.05, 0) is 36.4 Å². The minimum absolute atomic E-state index is 0.0232. The van der Waals surface area contributed by atoms with Gasteiger partial charge in [-0.2, -0.15) is 4.31 Å². The molecule has 0 atom stereocenters. The molecule has 0 bridgehead atoms. The maximum atomic E-state index is 12.9. The van der Waals surface area contributed by atoms with Crippen molar-refractivity contribution in [3.05, 3.63) is 63.1 Å². The number of hydrazine groups is 1. The second kappa shape index (κ2) is 8.35. The van der Waals surface area contributed by atoms with Crippen molar-refractivity contribution in [2.45, 2.75) is 11.4 Å². The Morgan fingerprint density at radius 3 is 2.12 bits per heavy atom. The van der Waals surface area contributed by atoms with Crippen molar-refractivity contribution in [1.29, 1.82) is 0 Å². The van der Waals surface area contributed by atoms with Crippen molar-refractivity contribution >= 4 is 50.7 Å². The fourth-order valence-electron chi connectivity index (χ4n) is 2.05. The number of sulfonamides is 1. The van der Waals surface area contributed by atoms with Crippen LogP contribution in [0.5, 0.6) is 0 Å². The van der Waals surface area contributed by atoms with E-state index in [9.17, 15) is 13.2 Å². The Hall–Kier alpha value is -1.35. The average molecular weight is 423 g/mol. The van der Waals surface area contributed by atoms with Crippen molar-refractivity contribution in [2.24, 2.45) is 5.84 Å². The molecule has 0 heterocycles. The highest BCUT2D eigenvalue weighted by Gasteiger charge is 2.28. The quantitative estimate of drug-likeness (QED) is 0.425. The van der Waals surface area contributed by atoms with Crippen molar-refractivity contribution in [1.82, 2.24) is 9.73 Å². The summed E-state index contributed by atoms with van der Waals surface area (Å²) in [5.41, 5.74) is 2.29. The first-order valence-electron chi connectivity index (χ1n) is 6.93. The second-order valence-corrected chi connectivity index (χ2v) is 8.18. The molecule has 0 unspecified atom stereocenters. The molecule has 0 aliphatic rings. The third-order valence-corrected chi connectivity index (χ3v) is 6.09. The topological polar surface area (TPSA) is 92.5 Å². The molecule has 0 aliphatic carbocycles. The molecular formula is C15H14Cl3N3O3S. The van der Waals surface area contributed by atoms with Crippen molar-refractivity contribution in [3.8, 4) is 0 Å². The third-order valence-electron chi connectivity index (χ3n) is 3.33. The van der Waals surface area contributed by atoms with Crippen LogP contribution in [0.4, 0.5) is 0 Å². The van der Waals surface area contributed by atoms with Crippen LogP contribution in [0.1, 0.15) is 5.56 Å². The van der Waals surface area contributed by atoms with E-state index < -0.39 is 22.5 Å². The molecule has 134 valence electrons. The number of carbonyl (C=O) groups excluding carboxylic acids is 1. The van der Waals surface area contributed by atoms with Crippen LogP contribution in [0.2, 0.25) is 15.1 Å². The molecule has 0 saturated carbocycles. The zero-order chi connectivity index (χ0) is 18.6. The van der Waals surface area contributed by atoms with Crippen molar-refractivity contribution in [3.63, 3.8) is 0 Å². The van der Waals surface area contributed by atoms with Gasteiger partial charge in [-0.15, -0.1) is 0 Å². The summed E-state index contributed by atoms with van der Waals surface area (Å²) in [5.74, 6) is 4.40. The fourth-order valence-corrected chi connectivity index (χ4v) is 4.05. The molecule has 0 spiro atoms. The normalized spacial score (nSPS) is 11.6. The molecule has 0 aromatic heterocycles. The number of benzene rings is 2. The molecule has 6 nitrogen and oxygen atoms in total. The van der Waals surface area contributed by atoms with E-state index in [1.54, 1.807) is 18.2 Å². The standard InChI is InChI=1S/C15H14Cl3N3O3S/c16-10-4-6-11(7-5-10)25(23,24)21(9-15(22)20-19)8-12-13(17)2-1-3-14(12)18/h1-7H,8-9,19H2,(H,20,22). The number of nitrogens with zero attached hydrogens (tertiary/aromatic N) is 1. The van der Waals surface area contributed by atoms with E-state index in [4.69, 9.17) is 40.6 Å². The van der Waals surface area contributed by atoms with Gasteiger partial charge in [0.2, 0.25) is 15.9 Å². The first-order chi connectivity index (χ1) is 11.8. The van der Waals surface area contributed by atoms with Crippen LogP contribution < -0.4 is 11.3 Å². The van der Waals surface area contributed by atoms with Crippen LogP contribution in [0.15, 0.2) is 47.4 Å². The van der Waals surface area contributed by atoms with Gasteiger partial charge >= 0.3 is 0 Å². The van der Waals surface area contributed by atoms with Gasteiger partial charge in [0, 0.05) is 27.2 Å². The maximum Gasteiger partial charge on any atom is 0.249 e. The van der Waals surface area contributed by atoms with Crippen LogP contribution in [0.3, 0.4) is 0 Å². The highest BCUT2D eigenvalue weighted by molar-refractivity contribution is 7.89. The minimum atomic E-state index is -4.01. The molecule has 0 saturated heterocycles. The SMILES string of the molecule is NNC(=O)CN(Cc1c(Cl)cccc1Cl)S(=O)(=O)c1ccc(Cl)cc1. The molecular weight excluding hydrogens is 409 g/mol. The highest BCUT2D eigenvalue weighted by Crippen LogP contribution is 2.28. The lowest BCUT2D eigenvalue weighted by molar-refractivity contribution is -0.121. The van der Waals surface area contributed by atoms with Crippen LogP contribution in [0, 0.1) is 0 Å². The van der Waals surface area contributed by atoms with E-state index >= 15 is 0 Å². The van der Waals surface area contributed by atoms with E-state index in [0.717, 1.165) is 4.31 Å². The molecule has 2 aromatic rings. The Labute approximate surface area is 160 Å². The molecule has 10 heteroatoms. The van der Waals surface area contributed by atoms with Gasteiger partial charge in [-0.25, -0.2) is 14.3 Å². The average Bonchev–Trinajstić information content (AvgIpc) is 2.57. The van der Waals surface area contributed by atoms with E-state index in [1.165, 1.54) is 24.3 Å². The van der Waals surface area contributed by atoms with Gasteiger partial charge in [0.15, 0.2) is 0 Å². The van der Waals surface area contributed by atoms with Crippen LogP contribution >= 0.6 is 34.8 Å². The third kappa shape index (κ3) is 4.84. The molecule has 2 aromatic carbocycles. The Kier molecular flexibility index (Phi) is 6.67. The smallest absolute Gasteiger partial charge is 0.249 e. The van der Waals surface area contributed by atoms with Crippen LogP contribution in [-0.2, 0) is 21.4 Å². The molecule has 2 rings (SSSR count). The summed E-state index contributed by atoms with van der Waals surface area (Å²) in [4.78, 5) is 11.7. The number of hydrogen-bond donors (Lipinski definition) is 2. The van der Waals surface area contributed by atoms with Crippen LogP contribution in [0.25, 0.3) is 0 Å². The first-order valence-corrected chi connectivity index (χ1v) is 9.51. The van der Waals surface area contributed by atoms with Gasteiger partial charge in [0.1, 0.15) is 0 Å². The zero-order valence-corrected chi connectivity index (χ0v) is 15.8. The minimum Gasteiger partial charge on any atom is -0.293 e. The van der Waals surface area contributed by atoms with E-state index in [-0.39, 0.29) is 21.5 Å². The number of nitrogens with two attached hydrogens (primary N) is 1. The number of nitrogens with one attached hydrogen (secondary N) is 1. The maximum absolute atomic E-state index is 12.9. The predicted octanol–water partition coefficient (Wildman–Crippen LogP) is 2.83. The summed E-state index contributed by atoms with van der Waals surface area (Å²) in [6.45, 7) is -0.695. The predicted molar refractivity (Wildman–Crippen MR) is 97.8 cm³/mol. The molecule has 0 radical (unpaired) electrons. The Morgan fingerprint density at radius 1 is 1.04 bits per heavy atom. The Balaban J connectivity index is 2.45. The Morgan fingerprint density at radius 2 is 1.60 bits per heavy atom. The van der Waals surface area contributed by atoms with Crippen molar-refractivity contribution < 1.29 is 13.2 Å². The Bertz CT molecular complexity index is 853.